The van der Waals surface area contributed by atoms with Crippen molar-refractivity contribution in [2.24, 2.45) is 0 Å². The van der Waals surface area contributed by atoms with Gasteiger partial charge in [-0.05, 0) is 64.0 Å². The molecule has 1 heterocycles. The van der Waals surface area contributed by atoms with Gasteiger partial charge in [-0.15, -0.1) is 0 Å². The molecule has 21 heavy (non-hydrogen) atoms. The van der Waals surface area contributed by atoms with Crippen LogP contribution in [0.2, 0.25) is 0 Å². The fourth-order valence-corrected chi connectivity index (χ4v) is 2.76. The monoisotopic (exact) mass is 289 g/mol. The molecule has 0 amide bonds. The SMILES string of the molecule is CC(C)Oc1ccc(C(=O)CCN2CCCCCC2)cc1. The van der Waals surface area contributed by atoms with Crippen LogP contribution in [-0.2, 0) is 0 Å². The zero-order valence-electron chi connectivity index (χ0n) is 13.3. The van der Waals surface area contributed by atoms with Gasteiger partial charge in [0.15, 0.2) is 5.78 Å². The summed E-state index contributed by atoms with van der Waals surface area (Å²) in [5.41, 5.74) is 0.793. The summed E-state index contributed by atoms with van der Waals surface area (Å²) in [6.07, 6.45) is 5.99. The number of rotatable bonds is 6. The minimum atomic E-state index is 0.162. The standard InChI is InChI=1S/C18H27NO2/c1-15(2)21-17-9-7-16(8-10-17)18(20)11-14-19-12-5-3-4-6-13-19/h7-10,15H,3-6,11-14H2,1-2H3. The Morgan fingerprint density at radius 3 is 2.29 bits per heavy atom. The average molecular weight is 289 g/mol. The number of carbonyl (C=O) groups is 1. The van der Waals surface area contributed by atoms with Crippen LogP contribution < -0.4 is 4.74 Å². The summed E-state index contributed by atoms with van der Waals surface area (Å²) in [6.45, 7) is 7.19. The van der Waals surface area contributed by atoms with Crippen LogP contribution in [0.1, 0.15) is 56.3 Å². The Morgan fingerprint density at radius 2 is 1.71 bits per heavy atom. The van der Waals surface area contributed by atoms with Crippen molar-refractivity contribution in [1.82, 2.24) is 4.90 Å². The third-order valence-electron chi connectivity index (χ3n) is 3.90. The van der Waals surface area contributed by atoms with Crippen molar-refractivity contribution in [3.8, 4) is 5.75 Å². The van der Waals surface area contributed by atoms with Gasteiger partial charge in [0.25, 0.3) is 0 Å². The Hall–Kier alpha value is -1.35. The molecule has 2 rings (SSSR count). The predicted molar refractivity (Wildman–Crippen MR) is 86.1 cm³/mol. The summed E-state index contributed by atoms with van der Waals surface area (Å²) in [4.78, 5) is 14.7. The van der Waals surface area contributed by atoms with Gasteiger partial charge in [-0.1, -0.05) is 12.8 Å². The molecular formula is C18H27NO2. The largest absolute Gasteiger partial charge is 0.491 e. The van der Waals surface area contributed by atoms with Gasteiger partial charge >= 0.3 is 0 Å². The van der Waals surface area contributed by atoms with Crippen LogP contribution in [0.25, 0.3) is 0 Å². The van der Waals surface area contributed by atoms with E-state index in [0.717, 1.165) is 30.9 Å². The third-order valence-corrected chi connectivity index (χ3v) is 3.90. The molecule has 0 bridgehead atoms. The van der Waals surface area contributed by atoms with E-state index in [1.54, 1.807) is 0 Å². The highest BCUT2D eigenvalue weighted by atomic mass is 16.5. The number of ether oxygens (including phenoxy) is 1. The topological polar surface area (TPSA) is 29.5 Å². The minimum Gasteiger partial charge on any atom is -0.491 e. The van der Waals surface area contributed by atoms with E-state index in [1.807, 2.05) is 38.1 Å². The molecule has 0 saturated carbocycles. The fourth-order valence-electron chi connectivity index (χ4n) is 2.76. The second-order valence-corrected chi connectivity index (χ2v) is 6.12. The third kappa shape index (κ3) is 5.50. The molecule has 1 fully saturated rings. The van der Waals surface area contributed by atoms with Gasteiger partial charge in [0.05, 0.1) is 6.10 Å². The lowest BCUT2D eigenvalue weighted by atomic mass is 10.1. The minimum absolute atomic E-state index is 0.162. The maximum absolute atomic E-state index is 12.2. The van der Waals surface area contributed by atoms with E-state index in [4.69, 9.17) is 4.74 Å². The van der Waals surface area contributed by atoms with Gasteiger partial charge in [0, 0.05) is 18.5 Å². The van der Waals surface area contributed by atoms with Crippen LogP contribution in [-0.4, -0.2) is 36.4 Å². The molecule has 0 radical (unpaired) electrons. The van der Waals surface area contributed by atoms with E-state index in [2.05, 4.69) is 4.90 Å². The number of ketones is 1. The smallest absolute Gasteiger partial charge is 0.164 e. The normalized spacial score (nSPS) is 16.7. The highest BCUT2D eigenvalue weighted by Gasteiger charge is 2.12. The van der Waals surface area contributed by atoms with Crippen molar-refractivity contribution in [3.63, 3.8) is 0 Å². The first-order valence-corrected chi connectivity index (χ1v) is 8.17. The van der Waals surface area contributed by atoms with E-state index >= 15 is 0 Å². The first-order chi connectivity index (χ1) is 10.1. The van der Waals surface area contributed by atoms with Crippen LogP contribution in [0.3, 0.4) is 0 Å². The van der Waals surface area contributed by atoms with E-state index < -0.39 is 0 Å². The van der Waals surface area contributed by atoms with Gasteiger partial charge in [-0.2, -0.15) is 0 Å². The molecule has 1 aromatic rings. The molecule has 1 aliphatic heterocycles. The summed E-state index contributed by atoms with van der Waals surface area (Å²) in [5.74, 6) is 1.06. The van der Waals surface area contributed by atoms with Crippen molar-refractivity contribution in [2.75, 3.05) is 19.6 Å². The van der Waals surface area contributed by atoms with Crippen molar-refractivity contribution >= 4 is 5.78 Å². The molecular weight excluding hydrogens is 262 g/mol. The van der Waals surface area contributed by atoms with Gasteiger partial charge in [0.2, 0.25) is 0 Å². The summed E-state index contributed by atoms with van der Waals surface area (Å²) < 4.78 is 5.60. The molecule has 0 unspecified atom stereocenters. The number of hydrogen-bond donors (Lipinski definition) is 0. The Morgan fingerprint density at radius 1 is 1.10 bits per heavy atom. The van der Waals surface area contributed by atoms with E-state index in [9.17, 15) is 4.79 Å². The number of hydrogen-bond acceptors (Lipinski definition) is 3. The second kappa shape index (κ2) is 8.18. The first kappa shape index (κ1) is 16.0. The van der Waals surface area contributed by atoms with Crippen LogP contribution in [0, 0.1) is 0 Å². The van der Waals surface area contributed by atoms with Crippen molar-refractivity contribution in [2.45, 2.75) is 52.1 Å². The Bertz CT molecular complexity index is 431. The van der Waals surface area contributed by atoms with Crippen molar-refractivity contribution < 1.29 is 9.53 Å². The van der Waals surface area contributed by atoms with Crippen molar-refractivity contribution in [3.05, 3.63) is 29.8 Å². The van der Waals surface area contributed by atoms with Gasteiger partial charge < -0.3 is 9.64 Å². The molecule has 0 atom stereocenters. The molecule has 3 heteroatoms. The first-order valence-electron chi connectivity index (χ1n) is 8.17. The molecule has 0 aromatic heterocycles. The maximum atomic E-state index is 12.2. The lowest BCUT2D eigenvalue weighted by Crippen LogP contribution is -2.27. The fraction of sp³-hybridized carbons (Fsp3) is 0.611. The lowest BCUT2D eigenvalue weighted by Gasteiger charge is -2.19. The quantitative estimate of drug-likeness (QED) is 0.743. The van der Waals surface area contributed by atoms with E-state index in [-0.39, 0.29) is 11.9 Å². The van der Waals surface area contributed by atoms with Crippen LogP contribution in [0.15, 0.2) is 24.3 Å². The number of carbonyl (C=O) groups excluding carboxylic acids is 1. The molecule has 116 valence electrons. The second-order valence-electron chi connectivity index (χ2n) is 6.12. The molecule has 1 aromatic carbocycles. The number of Topliss-reactive ketones (excluding diaryl/α,β-unsaturated/α-hetero) is 1. The Kier molecular flexibility index (Phi) is 6.24. The molecule has 1 saturated heterocycles. The maximum Gasteiger partial charge on any atom is 0.164 e. The lowest BCUT2D eigenvalue weighted by molar-refractivity contribution is 0.0965. The number of likely N-dealkylation sites (tertiary alicyclic amines) is 1. The number of nitrogens with zero attached hydrogens (tertiary/aromatic N) is 1. The molecule has 0 N–H and O–H groups in total. The van der Waals surface area contributed by atoms with E-state index in [0.29, 0.717) is 6.42 Å². The van der Waals surface area contributed by atoms with E-state index in [1.165, 1.54) is 25.7 Å². The highest BCUT2D eigenvalue weighted by Crippen LogP contribution is 2.16. The molecule has 0 aliphatic carbocycles. The zero-order valence-corrected chi connectivity index (χ0v) is 13.3. The Balaban J connectivity index is 1.82. The van der Waals surface area contributed by atoms with Crippen molar-refractivity contribution in [1.29, 1.82) is 0 Å². The molecule has 1 aliphatic rings. The number of benzene rings is 1. The predicted octanol–water partition coefficient (Wildman–Crippen LogP) is 3.92. The van der Waals surface area contributed by atoms with Crippen LogP contribution in [0.5, 0.6) is 5.75 Å². The van der Waals surface area contributed by atoms with Crippen LogP contribution in [0.4, 0.5) is 0 Å². The molecule has 0 spiro atoms. The summed E-state index contributed by atoms with van der Waals surface area (Å²) in [5, 5.41) is 0. The van der Waals surface area contributed by atoms with Gasteiger partial charge in [0.1, 0.15) is 5.75 Å². The summed E-state index contributed by atoms with van der Waals surface area (Å²) in [6, 6.07) is 7.53. The average Bonchev–Trinajstić information content (AvgIpc) is 2.73. The van der Waals surface area contributed by atoms with Crippen LogP contribution >= 0.6 is 0 Å². The summed E-state index contributed by atoms with van der Waals surface area (Å²) >= 11 is 0. The van der Waals surface area contributed by atoms with Gasteiger partial charge in [-0.25, -0.2) is 0 Å². The van der Waals surface area contributed by atoms with Gasteiger partial charge in [-0.3, -0.25) is 4.79 Å². The Labute approximate surface area is 128 Å². The molecule has 3 nitrogen and oxygen atoms in total. The summed E-state index contributed by atoms with van der Waals surface area (Å²) in [7, 11) is 0. The highest BCUT2D eigenvalue weighted by molar-refractivity contribution is 5.96. The zero-order chi connectivity index (χ0) is 15.1.